The molecule has 1 fully saturated rings. The summed E-state index contributed by atoms with van der Waals surface area (Å²) in [6, 6.07) is 15.2. The molecule has 1 aliphatic rings. The van der Waals surface area contributed by atoms with E-state index in [1.807, 2.05) is 44.2 Å². The summed E-state index contributed by atoms with van der Waals surface area (Å²) in [7, 11) is -2.11. The van der Waals surface area contributed by atoms with Crippen molar-refractivity contribution < 1.29 is 22.7 Å². The topological polar surface area (TPSA) is 105 Å². The number of hydrogen-bond donors (Lipinski definition) is 2. The fraction of sp³-hybridized carbons (Fsp3) is 0.440. The van der Waals surface area contributed by atoms with Crippen molar-refractivity contribution in [1.29, 1.82) is 0 Å². The van der Waals surface area contributed by atoms with Crippen molar-refractivity contribution in [2.75, 3.05) is 20.2 Å². The van der Waals surface area contributed by atoms with Crippen LogP contribution in [0.4, 0.5) is 0 Å². The zero-order valence-electron chi connectivity index (χ0n) is 19.9. The molecule has 1 heterocycles. The summed E-state index contributed by atoms with van der Waals surface area (Å²) in [4.78, 5) is 25.9. The van der Waals surface area contributed by atoms with Crippen molar-refractivity contribution in [2.45, 2.75) is 44.2 Å². The first-order chi connectivity index (χ1) is 16.2. The Hall–Kier alpha value is -2.91. The fourth-order valence-corrected chi connectivity index (χ4v) is 5.43. The summed E-state index contributed by atoms with van der Waals surface area (Å²) in [6.07, 6.45) is 0.801. The molecule has 9 heteroatoms. The van der Waals surface area contributed by atoms with Gasteiger partial charge >= 0.3 is 0 Å². The minimum Gasteiger partial charge on any atom is -0.497 e. The van der Waals surface area contributed by atoms with E-state index in [0.29, 0.717) is 25.1 Å². The van der Waals surface area contributed by atoms with E-state index in [-0.39, 0.29) is 41.6 Å². The van der Waals surface area contributed by atoms with E-state index >= 15 is 0 Å². The molecule has 1 atom stereocenters. The van der Waals surface area contributed by atoms with Gasteiger partial charge in [-0.2, -0.15) is 4.31 Å². The minimum atomic E-state index is -3.64. The van der Waals surface area contributed by atoms with Crippen LogP contribution >= 0.6 is 0 Å². The van der Waals surface area contributed by atoms with Gasteiger partial charge in [-0.05, 0) is 48.6 Å². The number of sulfonamides is 1. The van der Waals surface area contributed by atoms with Gasteiger partial charge in [0.15, 0.2) is 0 Å². The lowest BCUT2D eigenvalue weighted by Crippen LogP contribution is -2.52. The Bertz CT molecular complexity index is 1060. The van der Waals surface area contributed by atoms with Crippen molar-refractivity contribution in [3.8, 4) is 5.75 Å². The maximum atomic E-state index is 12.9. The highest BCUT2D eigenvalue weighted by Gasteiger charge is 2.34. The van der Waals surface area contributed by atoms with Gasteiger partial charge in [-0.1, -0.05) is 44.2 Å². The highest BCUT2D eigenvalue weighted by atomic mass is 32.2. The van der Waals surface area contributed by atoms with Crippen LogP contribution in [0.15, 0.2) is 59.5 Å². The molecule has 2 aromatic rings. The Morgan fingerprint density at radius 1 is 1.03 bits per heavy atom. The van der Waals surface area contributed by atoms with E-state index in [4.69, 9.17) is 4.74 Å². The van der Waals surface area contributed by atoms with E-state index in [1.54, 1.807) is 12.1 Å². The molecule has 0 saturated carbocycles. The molecular formula is C25H33N3O5S. The summed E-state index contributed by atoms with van der Waals surface area (Å²) in [5, 5.41) is 5.78. The molecule has 0 spiro atoms. The van der Waals surface area contributed by atoms with Gasteiger partial charge in [-0.3, -0.25) is 9.59 Å². The molecule has 0 radical (unpaired) electrons. The van der Waals surface area contributed by atoms with Crippen LogP contribution in [0, 0.1) is 11.8 Å². The van der Waals surface area contributed by atoms with E-state index in [2.05, 4.69) is 10.6 Å². The molecule has 1 aliphatic heterocycles. The Morgan fingerprint density at radius 3 is 2.21 bits per heavy atom. The summed E-state index contributed by atoms with van der Waals surface area (Å²) >= 11 is 0. The van der Waals surface area contributed by atoms with Crippen molar-refractivity contribution in [3.63, 3.8) is 0 Å². The number of hydrogen-bond acceptors (Lipinski definition) is 5. The van der Waals surface area contributed by atoms with Gasteiger partial charge in [0.05, 0.1) is 12.0 Å². The monoisotopic (exact) mass is 487 g/mol. The number of amides is 2. The second-order valence-electron chi connectivity index (χ2n) is 8.79. The van der Waals surface area contributed by atoms with Crippen molar-refractivity contribution >= 4 is 21.8 Å². The van der Waals surface area contributed by atoms with Gasteiger partial charge in [0.25, 0.3) is 0 Å². The van der Waals surface area contributed by atoms with Crippen LogP contribution in [-0.4, -0.2) is 50.8 Å². The van der Waals surface area contributed by atoms with E-state index in [9.17, 15) is 18.0 Å². The summed E-state index contributed by atoms with van der Waals surface area (Å²) in [5.74, 6) is -0.288. The lowest BCUT2D eigenvalue weighted by molar-refractivity contribution is -0.132. The van der Waals surface area contributed by atoms with Crippen molar-refractivity contribution in [1.82, 2.24) is 14.9 Å². The molecule has 0 unspecified atom stereocenters. The average Bonchev–Trinajstić information content (AvgIpc) is 2.86. The van der Waals surface area contributed by atoms with E-state index < -0.39 is 16.1 Å². The van der Waals surface area contributed by atoms with Gasteiger partial charge in [-0.15, -0.1) is 0 Å². The number of nitrogens with one attached hydrogen (secondary N) is 2. The Balaban J connectivity index is 1.55. The van der Waals surface area contributed by atoms with Crippen LogP contribution in [-0.2, 0) is 26.2 Å². The molecule has 0 aromatic heterocycles. The lowest BCUT2D eigenvalue weighted by atomic mass is 9.95. The number of rotatable bonds is 9. The predicted octanol–water partition coefficient (Wildman–Crippen LogP) is 2.55. The quantitative estimate of drug-likeness (QED) is 0.566. The highest BCUT2D eigenvalue weighted by Crippen LogP contribution is 2.25. The first-order valence-corrected chi connectivity index (χ1v) is 12.9. The van der Waals surface area contributed by atoms with Crippen molar-refractivity contribution in [3.05, 3.63) is 60.2 Å². The van der Waals surface area contributed by atoms with Crippen LogP contribution in [0.5, 0.6) is 5.75 Å². The maximum Gasteiger partial charge on any atom is 0.243 e. The van der Waals surface area contributed by atoms with Crippen LogP contribution in [0.3, 0.4) is 0 Å². The minimum absolute atomic E-state index is 0.0877. The van der Waals surface area contributed by atoms with E-state index in [0.717, 1.165) is 5.56 Å². The second-order valence-corrected chi connectivity index (χ2v) is 10.7. The zero-order chi connectivity index (χ0) is 24.7. The zero-order valence-corrected chi connectivity index (χ0v) is 20.7. The summed E-state index contributed by atoms with van der Waals surface area (Å²) in [6.45, 7) is 4.66. The van der Waals surface area contributed by atoms with Gasteiger partial charge in [0, 0.05) is 25.6 Å². The number of methoxy groups -OCH3 is 1. The first-order valence-electron chi connectivity index (χ1n) is 11.5. The molecule has 0 bridgehead atoms. The molecule has 2 amide bonds. The average molecular weight is 488 g/mol. The Labute approximate surface area is 201 Å². The van der Waals surface area contributed by atoms with Gasteiger partial charge in [0.1, 0.15) is 11.8 Å². The summed E-state index contributed by atoms with van der Waals surface area (Å²) < 4.78 is 32.4. The van der Waals surface area contributed by atoms with Crippen LogP contribution in [0.1, 0.15) is 32.3 Å². The molecule has 8 nitrogen and oxygen atoms in total. The number of carbonyl (C=O) groups excluding carboxylic acids is 2. The smallest absolute Gasteiger partial charge is 0.243 e. The first kappa shape index (κ1) is 25.7. The third-order valence-electron chi connectivity index (χ3n) is 6.08. The van der Waals surface area contributed by atoms with Crippen LogP contribution in [0.2, 0.25) is 0 Å². The largest absolute Gasteiger partial charge is 0.497 e. The molecule has 184 valence electrons. The fourth-order valence-electron chi connectivity index (χ4n) is 3.96. The highest BCUT2D eigenvalue weighted by molar-refractivity contribution is 7.89. The van der Waals surface area contributed by atoms with Gasteiger partial charge < -0.3 is 15.4 Å². The number of nitrogens with zero attached hydrogens (tertiary/aromatic N) is 1. The maximum absolute atomic E-state index is 12.9. The number of piperidine rings is 1. The standard InChI is InChI=1S/C25H33N3O5S/c1-18(2)23(25(30)26-17-19-7-5-4-6-8-19)27-24(29)20-13-15-28(16-14-20)34(31,32)22-11-9-21(33-3)10-12-22/h4-12,18,20,23H,13-17H2,1-3H3,(H,26,30)(H,27,29)/t23-/m1/s1. The predicted molar refractivity (Wildman–Crippen MR) is 130 cm³/mol. The third-order valence-corrected chi connectivity index (χ3v) is 7.99. The molecular weight excluding hydrogens is 454 g/mol. The SMILES string of the molecule is COc1ccc(S(=O)(=O)N2CCC(C(=O)N[C@@H](C(=O)NCc3ccccc3)C(C)C)CC2)cc1. The Kier molecular flexibility index (Phi) is 8.68. The molecule has 1 saturated heterocycles. The molecule has 34 heavy (non-hydrogen) atoms. The normalized spacial score (nSPS) is 16.1. The Morgan fingerprint density at radius 2 is 1.65 bits per heavy atom. The van der Waals surface area contributed by atoms with Crippen LogP contribution < -0.4 is 15.4 Å². The molecule has 2 N–H and O–H groups in total. The number of carbonyl (C=O) groups is 2. The lowest BCUT2D eigenvalue weighted by Gasteiger charge is -2.32. The number of benzene rings is 2. The van der Waals surface area contributed by atoms with E-state index in [1.165, 1.54) is 23.5 Å². The number of ether oxygens (including phenoxy) is 1. The molecule has 0 aliphatic carbocycles. The second kappa shape index (κ2) is 11.5. The molecule has 3 rings (SSSR count). The van der Waals surface area contributed by atoms with Crippen molar-refractivity contribution in [2.24, 2.45) is 11.8 Å². The molecule has 2 aromatic carbocycles. The third kappa shape index (κ3) is 6.36. The van der Waals surface area contributed by atoms with Gasteiger partial charge in [-0.25, -0.2) is 8.42 Å². The van der Waals surface area contributed by atoms with Gasteiger partial charge in [0.2, 0.25) is 21.8 Å². The van der Waals surface area contributed by atoms with Crippen LogP contribution in [0.25, 0.3) is 0 Å². The summed E-state index contributed by atoms with van der Waals surface area (Å²) in [5.41, 5.74) is 0.982.